The van der Waals surface area contributed by atoms with E-state index < -0.39 is 12.0 Å². The molecule has 0 saturated carbocycles. The van der Waals surface area contributed by atoms with Gasteiger partial charge in [-0.25, -0.2) is 0 Å². The van der Waals surface area contributed by atoms with Crippen LogP contribution in [0.1, 0.15) is 45.7 Å². The predicted molar refractivity (Wildman–Crippen MR) is 221 cm³/mol. The molecule has 8 rings (SSSR count). The molecule has 0 amide bonds. The van der Waals surface area contributed by atoms with E-state index in [1.807, 2.05) is 129 Å². The molecule has 0 aliphatic rings. The Kier molecular flexibility index (Phi) is 10.1. The van der Waals surface area contributed by atoms with E-state index in [1.165, 1.54) is 0 Å². The summed E-state index contributed by atoms with van der Waals surface area (Å²) in [7, 11) is 0. The molecular formula is C47H37Cl2N3O3. The number of aromatic nitrogens is 2. The lowest BCUT2D eigenvalue weighted by molar-refractivity contribution is 0.164. The van der Waals surface area contributed by atoms with Gasteiger partial charge in [0.2, 0.25) is 0 Å². The number of aliphatic hydroxyl groups is 1. The third kappa shape index (κ3) is 7.30. The largest absolute Gasteiger partial charge is 0.455 e. The number of halogens is 2. The smallest absolute Gasteiger partial charge is 0.155 e. The van der Waals surface area contributed by atoms with Crippen LogP contribution in [0.4, 0.5) is 0 Å². The summed E-state index contributed by atoms with van der Waals surface area (Å²) in [4.78, 5) is 0. The summed E-state index contributed by atoms with van der Waals surface area (Å²) in [6, 6.07) is 49.1. The second kappa shape index (κ2) is 15.4. The second-order valence-corrected chi connectivity index (χ2v) is 14.6. The van der Waals surface area contributed by atoms with E-state index in [-0.39, 0.29) is 0 Å². The Bertz CT molecular complexity index is 2700. The van der Waals surface area contributed by atoms with Crippen LogP contribution in [0.25, 0.3) is 21.8 Å². The fourth-order valence-corrected chi connectivity index (χ4v) is 7.66. The van der Waals surface area contributed by atoms with E-state index in [0.29, 0.717) is 57.3 Å². The van der Waals surface area contributed by atoms with Crippen molar-refractivity contribution in [1.29, 1.82) is 5.26 Å². The Morgan fingerprint density at radius 2 is 1.04 bits per heavy atom. The number of nitrogens with zero attached hydrogens (tertiary/aromatic N) is 3. The van der Waals surface area contributed by atoms with Gasteiger partial charge in [-0.1, -0.05) is 108 Å². The van der Waals surface area contributed by atoms with Gasteiger partial charge in [0.05, 0.1) is 34.6 Å². The average molecular weight is 763 g/mol. The molecule has 0 aliphatic heterocycles. The van der Waals surface area contributed by atoms with Crippen molar-refractivity contribution in [2.75, 3.05) is 0 Å². The molecule has 8 heteroatoms. The Morgan fingerprint density at radius 3 is 1.51 bits per heavy atom. The number of rotatable bonds is 11. The molecule has 2 atom stereocenters. The molecule has 55 heavy (non-hydrogen) atoms. The van der Waals surface area contributed by atoms with Gasteiger partial charge in [-0.2, -0.15) is 5.26 Å². The van der Waals surface area contributed by atoms with E-state index >= 15 is 0 Å². The molecule has 0 saturated heterocycles. The first-order chi connectivity index (χ1) is 26.8. The summed E-state index contributed by atoms with van der Waals surface area (Å²) in [5.74, 6) is 1.64. The molecule has 6 aromatic carbocycles. The van der Waals surface area contributed by atoms with Gasteiger partial charge < -0.3 is 23.7 Å². The summed E-state index contributed by atoms with van der Waals surface area (Å²) < 4.78 is 17.6. The van der Waals surface area contributed by atoms with Crippen LogP contribution in [0.3, 0.4) is 0 Å². The third-order valence-electron chi connectivity index (χ3n) is 10.1. The lowest BCUT2D eigenvalue weighted by Crippen LogP contribution is -2.09. The van der Waals surface area contributed by atoms with Crippen molar-refractivity contribution in [1.82, 2.24) is 9.13 Å². The maximum absolute atomic E-state index is 11.7. The molecule has 0 bridgehead atoms. The highest BCUT2D eigenvalue weighted by Crippen LogP contribution is 2.41. The molecule has 272 valence electrons. The lowest BCUT2D eigenvalue weighted by atomic mass is 9.90. The number of nitriles is 1. The van der Waals surface area contributed by atoms with Crippen molar-refractivity contribution >= 4 is 45.0 Å². The number of ether oxygens (including phenoxy) is 2. The number of fused-ring (bicyclic) bond motifs is 2. The molecule has 2 heterocycles. The summed E-state index contributed by atoms with van der Waals surface area (Å²) >= 11 is 12.9. The van der Waals surface area contributed by atoms with Crippen molar-refractivity contribution in [3.05, 3.63) is 189 Å². The van der Waals surface area contributed by atoms with Crippen LogP contribution in [0.2, 0.25) is 10.0 Å². The second-order valence-electron chi connectivity index (χ2n) is 13.7. The number of aliphatic hydroxyl groups excluding tert-OH is 1. The van der Waals surface area contributed by atoms with Crippen molar-refractivity contribution < 1.29 is 14.6 Å². The summed E-state index contributed by atoms with van der Waals surface area (Å²) in [5, 5.41) is 25.3. The van der Waals surface area contributed by atoms with Crippen molar-refractivity contribution in [2.24, 2.45) is 0 Å². The molecule has 2 unspecified atom stereocenters. The maximum Gasteiger partial charge on any atom is 0.155 e. The van der Waals surface area contributed by atoms with Gasteiger partial charge >= 0.3 is 0 Å². The molecule has 0 aliphatic carbocycles. The van der Waals surface area contributed by atoms with Crippen LogP contribution < -0.4 is 9.47 Å². The summed E-state index contributed by atoms with van der Waals surface area (Å²) in [6.45, 7) is 5.37. The van der Waals surface area contributed by atoms with Crippen LogP contribution in [0.5, 0.6) is 23.0 Å². The first-order valence-corrected chi connectivity index (χ1v) is 18.8. The summed E-state index contributed by atoms with van der Waals surface area (Å²) in [5.41, 5.74) is 7.32. The molecule has 0 spiro atoms. The van der Waals surface area contributed by atoms with E-state index in [9.17, 15) is 10.4 Å². The summed E-state index contributed by atoms with van der Waals surface area (Å²) in [6.07, 6.45) is -1.14. The number of benzene rings is 6. The standard InChI is InChI=1S/C47H37Cl2N3O3/c1-30-46(40-21-19-36(48)25-43(40)51(30)28-32-11-5-3-6-12-32)54-38-17-9-15-34(23-38)42(27-50)45(53)35-16-10-18-39(24-35)55-47-31(2)52(29-33-13-7-4-8-14-33)44-26-37(49)20-22-41(44)47/h3-26,42,45,53H,28-29H2,1-2H3. The Balaban J connectivity index is 1.07. The molecule has 2 aromatic heterocycles. The highest BCUT2D eigenvalue weighted by atomic mass is 35.5. The lowest BCUT2D eigenvalue weighted by Gasteiger charge is -2.19. The molecule has 0 fully saturated rings. The minimum atomic E-state index is -1.14. The van der Waals surface area contributed by atoms with Crippen molar-refractivity contribution in [3.8, 4) is 29.1 Å². The van der Waals surface area contributed by atoms with E-state index in [0.717, 1.165) is 44.3 Å². The SMILES string of the molecule is Cc1c(Oc2cccc(C(O)C(C#N)c3cccc(Oc4c(C)n(Cc5ccccc5)c5cc(Cl)ccc45)c3)c2)c2ccc(Cl)cc2n1Cc1ccccc1. The van der Waals surface area contributed by atoms with Gasteiger partial charge in [0.15, 0.2) is 11.5 Å². The zero-order chi connectivity index (χ0) is 38.1. The van der Waals surface area contributed by atoms with E-state index in [2.05, 4.69) is 39.5 Å². The molecule has 0 radical (unpaired) electrons. The van der Waals surface area contributed by atoms with Crippen LogP contribution in [0, 0.1) is 25.2 Å². The zero-order valence-corrected chi connectivity index (χ0v) is 31.8. The Labute approximate surface area is 329 Å². The van der Waals surface area contributed by atoms with Crippen molar-refractivity contribution in [3.63, 3.8) is 0 Å². The average Bonchev–Trinajstić information content (AvgIpc) is 3.59. The zero-order valence-electron chi connectivity index (χ0n) is 30.3. The van der Waals surface area contributed by atoms with Gasteiger partial charge in [-0.05, 0) is 96.8 Å². The van der Waals surface area contributed by atoms with Gasteiger partial charge in [-0.3, -0.25) is 0 Å². The van der Waals surface area contributed by atoms with Crippen LogP contribution in [-0.2, 0) is 13.1 Å². The fourth-order valence-electron chi connectivity index (χ4n) is 7.32. The Hall–Kier alpha value is -5.97. The highest BCUT2D eigenvalue weighted by molar-refractivity contribution is 6.31. The Morgan fingerprint density at radius 1 is 0.582 bits per heavy atom. The molecule has 1 N–H and O–H groups in total. The first kappa shape index (κ1) is 36.0. The van der Waals surface area contributed by atoms with Crippen LogP contribution >= 0.6 is 23.2 Å². The number of hydrogen-bond donors (Lipinski definition) is 1. The van der Waals surface area contributed by atoms with Gasteiger partial charge in [0.25, 0.3) is 0 Å². The number of hydrogen-bond acceptors (Lipinski definition) is 4. The monoisotopic (exact) mass is 761 g/mol. The topological polar surface area (TPSA) is 72.3 Å². The van der Waals surface area contributed by atoms with E-state index in [4.69, 9.17) is 32.7 Å². The van der Waals surface area contributed by atoms with E-state index in [1.54, 1.807) is 6.07 Å². The van der Waals surface area contributed by atoms with Gasteiger partial charge in [0.1, 0.15) is 17.4 Å². The third-order valence-corrected chi connectivity index (χ3v) is 10.6. The minimum Gasteiger partial charge on any atom is -0.455 e. The van der Waals surface area contributed by atoms with Crippen molar-refractivity contribution in [2.45, 2.75) is 39.0 Å². The van der Waals surface area contributed by atoms with Crippen LogP contribution in [0.15, 0.2) is 146 Å². The molecule has 6 nitrogen and oxygen atoms in total. The first-order valence-electron chi connectivity index (χ1n) is 18.0. The molecular weight excluding hydrogens is 725 g/mol. The normalized spacial score (nSPS) is 12.4. The maximum atomic E-state index is 11.7. The fraction of sp³-hybridized carbons (Fsp3) is 0.128. The van der Waals surface area contributed by atoms with Gasteiger partial charge in [0, 0.05) is 33.9 Å². The quantitative estimate of drug-likeness (QED) is 0.142. The molecule has 8 aromatic rings. The minimum absolute atomic E-state index is 0.546. The van der Waals surface area contributed by atoms with Crippen LogP contribution in [-0.4, -0.2) is 14.2 Å². The highest BCUT2D eigenvalue weighted by Gasteiger charge is 2.25. The van der Waals surface area contributed by atoms with Gasteiger partial charge in [-0.15, -0.1) is 0 Å². The predicted octanol–water partition coefficient (Wildman–Crippen LogP) is 12.5.